The molecule has 8 heteroatoms. The topological polar surface area (TPSA) is 79.0 Å². The van der Waals surface area contributed by atoms with Gasteiger partial charge in [-0.15, -0.1) is 0 Å². The fourth-order valence-electron chi connectivity index (χ4n) is 2.92. The number of nitrogens with zero attached hydrogens (tertiary/aromatic N) is 2. The van der Waals surface area contributed by atoms with Gasteiger partial charge in [0.15, 0.2) is 0 Å². The van der Waals surface area contributed by atoms with E-state index in [0.29, 0.717) is 31.1 Å². The van der Waals surface area contributed by atoms with Crippen LogP contribution in [0.15, 0.2) is 53.4 Å². The number of sulfonamides is 1. The SMILES string of the molecule is CCOc1ccc(S(=O)(=O)Nc2ccc(N3CCN(C=O)CC3)cc2)cc1. The predicted octanol–water partition coefficient (Wildman–Crippen LogP) is 2.16. The minimum absolute atomic E-state index is 0.181. The number of carbonyl (C=O) groups is 1. The summed E-state index contributed by atoms with van der Waals surface area (Å²) >= 11 is 0. The molecule has 1 fully saturated rings. The van der Waals surface area contributed by atoms with Crippen LogP contribution in [0.2, 0.25) is 0 Å². The number of anilines is 2. The molecule has 2 aromatic rings. The maximum absolute atomic E-state index is 12.5. The van der Waals surface area contributed by atoms with Gasteiger partial charge in [-0.2, -0.15) is 0 Å². The summed E-state index contributed by atoms with van der Waals surface area (Å²) < 4.78 is 33.0. The molecule has 1 heterocycles. The van der Waals surface area contributed by atoms with Gasteiger partial charge in [0, 0.05) is 37.6 Å². The molecule has 0 unspecified atom stereocenters. The van der Waals surface area contributed by atoms with Gasteiger partial charge in [0.25, 0.3) is 10.0 Å². The molecule has 1 amide bonds. The van der Waals surface area contributed by atoms with Crippen molar-refractivity contribution in [3.63, 3.8) is 0 Å². The summed E-state index contributed by atoms with van der Waals surface area (Å²) in [5.41, 5.74) is 1.50. The molecule has 0 aromatic heterocycles. The average molecular weight is 389 g/mol. The van der Waals surface area contributed by atoms with Gasteiger partial charge >= 0.3 is 0 Å². The molecule has 0 saturated carbocycles. The molecule has 2 aromatic carbocycles. The lowest BCUT2D eigenvalue weighted by molar-refractivity contribution is -0.118. The Morgan fingerprint density at radius 2 is 1.63 bits per heavy atom. The zero-order valence-electron chi connectivity index (χ0n) is 15.2. The Labute approximate surface area is 159 Å². The molecule has 144 valence electrons. The Morgan fingerprint density at radius 3 is 2.19 bits per heavy atom. The monoisotopic (exact) mass is 389 g/mol. The van der Waals surface area contributed by atoms with E-state index in [-0.39, 0.29) is 4.90 Å². The fraction of sp³-hybridized carbons (Fsp3) is 0.316. The first kappa shape index (κ1) is 19.0. The highest BCUT2D eigenvalue weighted by Gasteiger charge is 2.17. The van der Waals surface area contributed by atoms with Crippen molar-refractivity contribution in [2.45, 2.75) is 11.8 Å². The van der Waals surface area contributed by atoms with E-state index in [2.05, 4.69) is 9.62 Å². The van der Waals surface area contributed by atoms with E-state index in [1.807, 2.05) is 19.1 Å². The third-order valence-electron chi connectivity index (χ3n) is 4.39. The lowest BCUT2D eigenvalue weighted by Crippen LogP contribution is -2.45. The largest absolute Gasteiger partial charge is 0.494 e. The number of carbonyl (C=O) groups excluding carboxylic acids is 1. The van der Waals surface area contributed by atoms with Gasteiger partial charge in [0.2, 0.25) is 6.41 Å². The molecular weight excluding hydrogens is 366 g/mol. The van der Waals surface area contributed by atoms with Gasteiger partial charge in [-0.1, -0.05) is 0 Å². The first-order valence-electron chi connectivity index (χ1n) is 8.82. The zero-order valence-corrected chi connectivity index (χ0v) is 16.0. The second-order valence-electron chi connectivity index (χ2n) is 6.19. The van der Waals surface area contributed by atoms with Crippen molar-refractivity contribution < 1.29 is 17.9 Å². The molecular formula is C19H23N3O4S. The number of hydrogen-bond donors (Lipinski definition) is 1. The maximum atomic E-state index is 12.5. The Hall–Kier alpha value is -2.74. The van der Waals surface area contributed by atoms with E-state index < -0.39 is 10.0 Å². The Balaban J connectivity index is 1.65. The minimum atomic E-state index is -3.66. The molecule has 0 bridgehead atoms. The first-order chi connectivity index (χ1) is 13.0. The highest BCUT2D eigenvalue weighted by atomic mass is 32.2. The van der Waals surface area contributed by atoms with Crippen LogP contribution in [0.4, 0.5) is 11.4 Å². The zero-order chi connectivity index (χ0) is 19.3. The smallest absolute Gasteiger partial charge is 0.261 e. The van der Waals surface area contributed by atoms with Crippen molar-refractivity contribution in [3.8, 4) is 5.75 Å². The predicted molar refractivity (Wildman–Crippen MR) is 105 cm³/mol. The molecule has 7 nitrogen and oxygen atoms in total. The van der Waals surface area contributed by atoms with E-state index in [0.717, 1.165) is 25.2 Å². The quantitative estimate of drug-likeness (QED) is 0.734. The number of hydrogen-bond acceptors (Lipinski definition) is 5. The molecule has 0 spiro atoms. The standard InChI is InChI=1S/C19H23N3O4S/c1-2-26-18-7-9-19(10-8-18)27(24,25)20-16-3-5-17(6-4-16)22-13-11-21(15-23)12-14-22/h3-10,15,20H,2,11-14H2,1H3. The van der Waals surface area contributed by atoms with Crippen LogP contribution >= 0.6 is 0 Å². The molecule has 0 aliphatic carbocycles. The Kier molecular flexibility index (Phi) is 5.85. The van der Waals surface area contributed by atoms with E-state index >= 15 is 0 Å². The van der Waals surface area contributed by atoms with Crippen molar-refractivity contribution in [1.82, 2.24) is 4.90 Å². The third kappa shape index (κ3) is 4.71. The molecule has 0 radical (unpaired) electrons. The van der Waals surface area contributed by atoms with Gasteiger partial charge in [0.1, 0.15) is 5.75 Å². The summed E-state index contributed by atoms with van der Waals surface area (Å²) in [6, 6.07) is 13.6. The van der Waals surface area contributed by atoms with Gasteiger partial charge in [-0.25, -0.2) is 8.42 Å². The van der Waals surface area contributed by atoms with Crippen LogP contribution in [0, 0.1) is 0 Å². The molecule has 27 heavy (non-hydrogen) atoms. The number of amides is 1. The summed E-state index contributed by atoms with van der Waals surface area (Å²) in [7, 11) is -3.66. The lowest BCUT2D eigenvalue weighted by atomic mass is 10.2. The fourth-order valence-corrected chi connectivity index (χ4v) is 3.98. The second-order valence-corrected chi connectivity index (χ2v) is 7.87. The van der Waals surface area contributed by atoms with Crippen LogP contribution in [-0.2, 0) is 14.8 Å². The molecule has 1 saturated heterocycles. The Bertz CT molecular complexity index is 859. The highest BCUT2D eigenvalue weighted by Crippen LogP contribution is 2.22. The highest BCUT2D eigenvalue weighted by molar-refractivity contribution is 7.92. The first-order valence-corrected chi connectivity index (χ1v) is 10.3. The van der Waals surface area contributed by atoms with Crippen LogP contribution in [0.1, 0.15) is 6.92 Å². The summed E-state index contributed by atoms with van der Waals surface area (Å²) in [6.45, 7) is 5.30. The molecule has 3 rings (SSSR count). The number of benzene rings is 2. The number of piperazine rings is 1. The van der Waals surface area contributed by atoms with E-state index in [1.165, 1.54) is 12.1 Å². The van der Waals surface area contributed by atoms with Crippen molar-refractivity contribution in [2.75, 3.05) is 42.4 Å². The van der Waals surface area contributed by atoms with Crippen LogP contribution in [0.3, 0.4) is 0 Å². The van der Waals surface area contributed by atoms with Gasteiger partial charge in [-0.05, 0) is 55.5 Å². The third-order valence-corrected chi connectivity index (χ3v) is 5.79. The van der Waals surface area contributed by atoms with Crippen molar-refractivity contribution >= 4 is 27.8 Å². The van der Waals surface area contributed by atoms with Crippen LogP contribution in [-0.4, -0.2) is 52.5 Å². The molecule has 1 aliphatic rings. The number of rotatable bonds is 7. The van der Waals surface area contributed by atoms with Crippen LogP contribution in [0.5, 0.6) is 5.75 Å². The maximum Gasteiger partial charge on any atom is 0.261 e. The van der Waals surface area contributed by atoms with Crippen LogP contribution < -0.4 is 14.4 Å². The second kappa shape index (κ2) is 8.30. The normalized spacial score (nSPS) is 14.7. The van der Waals surface area contributed by atoms with Crippen LogP contribution in [0.25, 0.3) is 0 Å². The summed E-state index contributed by atoms with van der Waals surface area (Å²) in [6.07, 6.45) is 0.871. The van der Waals surface area contributed by atoms with E-state index in [4.69, 9.17) is 4.74 Å². The average Bonchev–Trinajstić information content (AvgIpc) is 2.69. The van der Waals surface area contributed by atoms with Gasteiger partial charge in [-0.3, -0.25) is 9.52 Å². The van der Waals surface area contributed by atoms with Crippen molar-refractivity contribution in [2.24, 2.45) is 0 Å². The Morgan fingerprint density at radius 1 is 1.00 bits per heavy atom. The summed E-state index contributed by atoms with van der Waals surface area (Å²) in [5.74, 6) is 0.635. The minimum Gasteiger partial charge on any atom is -0.494 e. The number of nitrogens with one attached hydrogen (secondary N) is 1. The summed E-state index contributed by atoms with van der Waals surface area (Å²) in [4.78, 5) is 14.9. The van der Waals surface area contributed by atoms with Crippen molar-refractivity contribution in [1.29, 1.82) is 0 Å². The van der Waals surface area contributed by atoms with E-state index in [9.17, 15) is 13.2 Å². The molecule has 1 aliphatic heterocycles. The van der Waals surface area contributed by atoms with Crippen molar-refractivity contribution in [3.05, 3.63) is 48.5 Å². The van der Waals surface area contributed by atoms with Gasteiger partial charge < -0.3 is 14.5 Å². The van der Waals surface area contributed by atoms with Gasteiger partial charge in [0.05, 0.1) is 11.5 Å². The summed E-state index contributed by atoms with van der Waals surface area (Å²) in [5, 5.41) is 0. The lowest BCUT2D eigenvalue weighted by Gasteiger charge is -2.34. The van der Waals surface area contributed by atoms with E-state index in [1.54, 1.807) is 29.2 Å². The molecule has 1 N–H and O–H groups in total. The molecule has 0 atom stereocenters. The number of ether oxygens (including phenoxy) is 1.